The summed E-state index contributed by atoms with van der Waals surface area (Å²) < 4.78 is 24.4. The summed E-state index contributed by atoms with van der Waals surface area (Å²) in [5.41, 5.74) is 3.80. The van der Waals surface area contributed by atoms with Crippen LogP contribution < -0.4 is 5.32 Å². The van der Waals surface area contributed by atoms with Crippen molar-refractivity contribution >= 4 is 10.0 Å². The highest BCUT2D eigenvalue weighted by Crippen LogP contribution is 2.48. The minimum Gasteiger partial charge on any atom is -0.313 e. The SMILES string of the molecule is CS(=O)(=O)n1cc2c(n1)CN(CC1(CNC3CC3c3ccccc3)CC1)C2. The van der Waals surface area contributed by atoms with Crippen LogP contribution in [0.15, 0.2) is 36.5 Å². The molecule has 2 atom stereocenters. The molecule has 0 bridgehead atoms. The van der Waals surface area contributed by atoms with Gasteiger partial charge in [-0.15, -0.1) is 0 Å². The number of benzene rings is 1. The maximum absolute atomic E-state index is 11.6. The normalized spacial score (nSPS) is 26.1. The fraction of sp³-hybridized carbons (Fsp3) is 0.550. The number of aromatic nitrogens is 2. The molecule has 27 heavy (non-hydrogen) atoms. The summed E-state index contributed by atoms with van der Waals surface area (Å²) in [4.78, 5) is 2.42. The van der Waals surface area contributed by atoms with Gasteiger partial charge >= 0.3 is 0 Å². The average Bonchev–Trinajstić information content (AvgIpc) is 3.48. The predicted octanol–water partition coefficient (Wildman–Crippen LogP) is 1.93. The van der Waals surface area contributed by atoms with Crippen LogP contribution in [0.2, 0.25) is 0 Å². The molecule has 6 nitrogen and oxygen atoms in total. The van der Waals surface area contributed by atoms with Gasteiger partial charge in [-0.3, -0.25) is 4.90 Å². The highest BCUT2D eigenvalue weighted by atomic mass is 32.2. The summed E-state index contributed by atoms with van der Waals surface area (Å²) in [6.07, 6.45) is 6.67. The first-order valence-corrected chi connectivity index (χ1v) is 11.6. The van der Waals surface area contributed by atoms with Gasteiger partial charge in [0.2, 0.25) is 0 Å². The summed E-state index contributed by atoms with van der Waals surface area (Å²) >= 11 is 0. The van der Waals surface area contributed by atoms with Crippen molar-refractivity contribution in [2.45, 2.75) is 44.3 Å². The molecule has 0 spiro atoms. The first-order valence-electron chi connectivity index (χ1n) is 9.71. The van der Waals surface area contributed by atoms with E-state index < -0.39 is 10.0 Å². The molecule has 144 valence electrons. The van der Waals surface area contributed by atoms with Crippen molar-refractivity contribution in [3.05, 3.63) is 53.3 Å². The topological polar surface area (TPSA) is 67.2 Å². The molecule has 2 aromatic rings. The van der Waals surface area contributed by atoms with Gasteiger partial charge < -0.3 is 5.32 Å². The lowest BCUT2D eigenvalue weighted by atomic mass is 10.1. The van der Waals surface area contributed by atoms with Gasteiger partial charge in [-0.05, 0) is 30.2 Å². The Balaban J connectivity index is 1.14. The average molecular weight is 387 g/mol. The summed E-state index contributed by atoms with van der Waals surface area (Å²) in [7, 11) is -3.28. The van der Waals surface area contributed by atoms with Crippen LogP contribution in [0.4, 0.5) is 0 Å². The Labute approximate surface area is 160 Å². The van der Waals surface area contributed by atoms with Crippen molar-refractivity contribution in [2.24, 2.45) is 5.41 Å². The Morgan fingerprint density at radius 2 is 2.00 bits per heavy atom. The van der Waals surface area contributed by atoms with Crippen molar-refractivity contribution in [3.63, 3.8) is 0 Å². The number of hydrogen-bond donors (Lipinski definition) is 1. The molecule has 0 amide bonds. The van der Waals surface area contributed by atoms with Gasteiger partial charge in [-0.1, -0.05) is 30.3 Å². The fourth-order valence-electron chi connectivity index (χ4n) is 4.35. The monoisotopic (exact) mass is 386 g/mol. The second-order valence-corrected chi connectivity index (χ2v) is 10.5. The van der Waals surface area contributed by atoms with E-state index in [1.165, 1.54) is 31.1 Å². The van der Waals surface area contributed by atoms with Crippen LogP contribution in [0, 0.1) is 5.41 Å². The molecular formula is C20H26N4O2S. The molecule has 2 aliphatic carbocycles. The van der Waals surface area contributed by atoms with Crippen LogP contribution in [0.5, 0.6) is 0 Å². The molecule has 2 heterocycles. The molecule has 1 aromatic heterocycles. The maximum Gasteiger partial charge on any atom is 0.250 e. The zero-order valence-corrected chi connectivity index (χ0v) is 16.5. The largest absolute Gasteiger partial charge is 0.313 e. The van der Waals surface area contributed by atoms with Crippen molar-refractivity contribution in [1.82, 2.24) is 19.4 Å². The third kappa shape index (κ3) is 3.56. The quantitative estimate of drug-likeness (QED) is 0.788. The summed E-state index contributed by atoms with van der Waals surface area (Å²) in [5.74, 6) is 0.676. The van der Waals surface area contributed by atoms with Crippen molar-refractivity contribution in [2.75, 3.05) is 19.3 Å². The molecule has 2 saturated carbocycles. The Kier molecular flexibility index (Phi) is 3.97. The van der Waals surface area contributed by atoms with Gasteiger partial charge in [0.25, 0.3) is 10.0 Å². The minimum atomic E-state index is -3.28. The van der Waals surface area contributed by atoms with Crippen LogP contribution in [0.1, 0.15) is 42.0 Å². The molecule has 3 aliphatic rings. The van der Waals surface area contributed by atoms with Crippen LogP contribution in [-0.4, -0.2) is 47.9 Å². The smallest absolute Gasteiger partial charge is 0.250 e. The Hall–Kier alpha value is -1.70. The number of hydrogen-bond acceptors (Lipinski definition) is 5. The van der Waals surface area contributed by atoms with Crippen LogP contribution in [0.3, 0.4) is 0 Å². The number of nitrogens with zero attached hydrogens (tertiary/aromatic N) is 3. The van der Waals surface area contributed by atoms with E-state index in [1.807, 2.05) is 0 Å². The number of fused-ring (bicyclic) bond motifs is 1. The van der Waals surface area contributed by atoms with Gasteiger partial charge in [-0.25, -0.2) is 8.42 Å². The van der Waals surface area contributed by atoms with Crippen molar-refractivity contribution < 1.29 is 8.42 Å². The summed E-state index contributed by atoms with van der Waals surface area (Å²) in [6, 6.07) is 11.4. The van der Waals surface area contributed by atoms with E-state index in [0.717, 1.165) is 41.5 Å². The molecule has 1 aliphatic heterocycles. The summed E-state index contributed by atoms with van der Waals surface area (Å²) in [5, 5.41) is 8.06. The zero-order valence-electron chi connectivity index (χ0n) is 15.6. The first-order chi connectivity index (χ1) is 12.9. The number of nitrogens with one attached hydrogen (secondary N) is 1. The second kappa shape index (κ2) is 6.15. The van der Waals surface area contributed by atoms with E-state index >= 15 is 0 Å². The van der Waals surface area contributed by atoms with Gasteiger partial charge in [0.1, 0.15) is 0 Å². The van der Waals surface area contributed by atoms with Crippen LogP contribution in [0.25, 0.3) is 0 Å². The Morgan fingerprint density at radius 1 is 1.22 bits per heavy atom. The van der Waals surface area contributed by atoms with E-state index in [1.54, 1.807) is 6.20 Å². The summed E-state index contributed by atoms with van der Waals surface area (Å²) in [6.45, 7) is 3.72. The highest BCUT2D eigenvalue weighted by Gasteiger charge is 2.47. The minimum absolute atomic E-state index is 0.389. The number of rotatable bonds is 7. The van der Waals surface area contributed by atoms with Crippen LogP contribution in [-0.2, 0) is 23.1 Å². The first kappa shape index (κ1) is 17.4. The Morgan fingerprint density at radius 3 is 2.67 bits per heavy atom. The van der Waals surface area contributed by atoms with E-state index in [9.17, 15) is 8.42 Å². The van der Waals surface area contributed by atoms with Gasteiger partial charge in [0.05, 0.1) is 11.9 Å². The van der Waals surface area contributed by atoms with Gasteiger partial charge in [0.15, 0.2) is 0 Å². The highest BCUT2D eigenvalue weighted by molar-refractivity contribution is 7.89. The lowest BCUT2D eigenvalue weighted by Crippen LogP contribution is -2.35. The third-order valence-electron chi connectivity index (χ3n) is 6.24. The van der Waals surface area contributed by atoms with E-state index in [0.29, 0.717) is 17.4 Å². The molecule has 1 N–H and O–H groups in total. The fourth-order valence-corrected chi connectivity index (χ4v) is 4.92. The lowest BCUT2D eigenvalue weighted by molar-refractivity contribution is 0.216. The molecule has 0 saturated heterocycles. The molecule has 2 fully saturated rings. The van der Waals surface area contributed by atoms with E-state index in [4.69, 9.17) is 0 Å². The Bertz CT molecular complexity index is 926. The van der Waals surface area contributed by atoms with Gasteiger partial charge in [0, 0.05) is 49.9 Å². The molecule has 2 unspecified atom stereocenters. The van der Waals surface area contributed by atoms with Crippen molar-refractivity contribution in [3.8, 4) is 0 Å². The van der Waals surface area contributed by atoms with E-state index in [2.05, 4.69) is 45.6 Å². The molecular weight excluding hydrogens is 360 g/mol. The molecule has 5 rings (SSSR count). The molecule has 7 heteroatoms. The standard InChI is InChI=1S/C20H26N4O2S/c1-27(25,26)24-11-16-10-23(12-19(16)22-24)14-20(7-8-20)13-21-18-9-17(18)15-5-3-2-4-6-15/h2-6,11,17-18,21H,7-10,12-14H2,1H3. The maximum atomic E-state index is 11.6. The zero-order chi connectivity index (χ0) is 18.6. The second-order valence-electron chi connectivity index (χ2n) is 8.62. The van der Waals surface area contributed by atoms with E-state index in [-0.39, 0.29) is 0 Å². The molecule has 0 radical (unpaired) electrons. The van der Waals surface area contributed by atoms with Crippen LogP contribution >= 0.6 is 0 Å². The third-order valence-corrected chi connectivity index (χ3v) is 7.10. The van der Waals surface area contributed by atoms with Gasteiger partial charge in [-0.2, -0.15) is 9.19 Å². The predicted molar refractivity (Wildman–Crippen MR) is 104 cm³/mol. The van der Waals surface area contributed by atoms with Crippen molar-refractivity contribution in [1.29, 1.82) is 0 Å². The molecule has 1 aromatic carbocycles. The lowest BCUT2D eigenvalue weighted by Gasteiger charge is -2.23.